The number of amides is 1. The molecule has 1 aromatic carbocycles. The minimum Gasteiger partial charge on any atom is -0.508 e. The van der Waals surface area contributed by atoms with Crippen molar-refractivity contribution in [2.75, 3.05) is 26.2 Å². The number of hydrogen-bond acceptors (Lipinski definition) is 5. The van der Waals surface area contributed by atoms with Crippen LogP contribution in [0.25, 0.3) is 0 Å². The van der Waals surface area contributed by atoms with Crippen molar-refractivity contribution in [2.45, 2.75) is 31.3 Å². The summed E-state index contributed by atoms with van der Waals surface area (Å²) >= 11 is 0. The number of phenolic OH excluding ortho intramolecular Hbond substituents is 1. The molecule has 2 aliphatic rings. The molecule has 0 atom stereocenters. The number of carboxylic acid groups (broad SMARTS) is 1. The van der Waals surface area contributed by atoms with Crippen LogP contribution < -0.4 is 0 Å². The average molecular weight is 404 g/mol. The van der Waals surface area contributed by atoms with Crippen LogP contribution in [0.4, 0.5) is 4.39 Å². The lowest BCUT2D eigenvalue weighted by atomic mass is 9.85. The van der Waals surface area contributed by atoms with Crippen molar-refractivity contribution < 1.29 is 24.2 Å². The van der Waals surface area contributed by atoms with Crippen molar-refractivity contribution in [3.8, 4) is 5.75 Å². The molecule has 2 N–H and O–H groups in total. The Bertz CT molecular complexity index is 831. The first kappa shape index (κ1) is 20.8. The first-order valence-electron chi connectivity index (χ1n) is 9.57. The predicted octanol–water partition coefficient (Wildman–Crippen LogP) is 1.65. The lowest BCUT2D eigenvalue weighted by Crippen LogP contribution is -2.59. The zero-order valence-corrected chi connectivity index (χ0v) is 16.1. The van der Waals surface area contributed by atoms with E-state index in [0.717, 1.165) is 38.7 Å². The van der Waals surface area contributed by atoms with Crippen molar-refractivity contribution in [3.05, 3.63) is 48.0 Å². The van der Waals surface area contributed by atoms with Gasteiger partial charge in [0.2, 0.25) is 0 Å². The molecule has 0 spiro atoms. The van der Waals surface area contributed by atoms with E-state index in [1.54, 1.807) is 12.3 Å². The minimum atomic E-state index is -0.620. The van der Waals surface area contributed by atoms with E-state index in [1.165, 1.54) is 6.07 Å². The third-order valence-electron chi connectivity index (χ3n) is 5.61. The smallest absolute Gasteiger partial charge is 0.290 e. The molecule has 2 saturated heterocycles. The van der Waals surface area contributed by atoms with Crippen molar-refractivity contribution in [2.24, 2.45) is 0 Å². The Morgan fingerprint density at radius 1 is 1.24 bits per heavy atom. The second-order valence-corrected chi connectivity index (χ2v) is 7.28. The van der Waals surface area contributed by atoms with E-state index in [-0.39, 0.29) is 18.1 Å². The van der Waals surface area contributed by atoms with E-state index in [4.69, 9.17) is 9.90 Å². The zero-order valence-electron chi connectivity index (χ0n) is 16.1. The van der Waals surface area contributed by atoms with E-state index in [1.807, 2.05) is 21.8 Å². The van der Waals surface area contributed by atoms with Gasteiger partial charge in [-0.2, -0.15) is 5.10 Å². The van der Waals surface area contributed by atoms with Crippen molar-refractivity contribution >= 4 is 12.4 Å². The molecule has 3 heterocycles. The summed E-state index contributed by atoms with van der Waals surface area (Å²) in [4.78, 5) is 25.6. The molecule has 0 unspecified atom stereocenters. The molecule has 0 aliphatic carbocycles. The number of aromatic hydroxyl groups is 1. The molecule has 2 aliphatic heterocycles. The monoisotopic (exact) mass is 404 g/mol. The fourth-order valence-electron chi connectivity index (χ4n) is 3.87. The summed E-state index contributed by atoms with van der Waals surface area (Å²) in [5, 5.41) is 21.2. The van der Waals surface area contributed by atoms with Gasteiger partial charge in [-0.3, -0.25) is 19.2 Å². The molecule has 0 bridgehead atoms. The van der Waals surface area contributed by atoms with Crippen LogP contribution in [-0.4, -0.2) is 68.4 Å². The number of carbonyl (C=O) groups is 2. The van der Waals surface area contributed by atoms with E-state index in [2.05, 4.69) is 10.00 Å². The van der Waals surface area contributed by atoms with Crippen LogP contribution in [0.5, 0.6) is 5.75 Å². The fraction of sp³-hybridized carbons (Fsp3) is 0.450. The first-order valence-corrected chi connectivity index (χ1v) is 9.57. The van der Waals surface area contributed by atoms with Crippen LogP contribution in [-0.2, 0) is 21.7 Å². The molecule has 2 aromatic rings. The number of phenols is 1. The molecule has 2 fully saturated rings. The molecular weight excluding hydrogens is 379 g/mol. The van der Waals surface area contributed by atoms with Gasteiger partial charge in [0.25, 0.3) is 12.4 Å². The van der Waals surface area contributed by atoms with E-state index in [0.29, 0.717) is 24.9 Å². The molecular formula is C20H25FN4O4. The molecule has 8 nitrogen and oxygen atoms in total. The Labute approximate surface area is 168 Å². The zero-order chi connectivity index (χ0) is 20.9. The molecule has 156 valence electrons. The van der Waals surface area contributed by atoms with Gasteiger partial charge in [-0.25, -0.2) is 4.39 Å². The van der Waals surface area contributed by atoms with Crippen molar-refractivity contribution in [1.82, 2.24) is 19.6 Å². The summed E-state index contributed by atoms with van der Waals surface area (Å²) < 4.78 is 15.0. The number of nitrogens with zero attached hydrogens (tertiary/aromatic N) is 4. The molecule has 9 heteroatoms. The SMILES string of the molecule is O=C(N1CCC1)C1(n2cccn2)CCN(Cc2ccc(F)cc2O)CC1.O=CO. The largest absolute Gasteiger partial charge is 0.508 e. The number of benzene rings is 1. The number of rotatable bonds is 4. The van der Waals surface area contributed by atoms with E-state index >= 15 is 0 Å². The summed E-state index contributed by atoms with van der Waals surface area (Å²) in [5.41, 5.74) is 0.0812. The summed E-state index contributed by atoms with van der Waals surface area (Å²) in [6.45, 7) is 3.38. The molecule has 0 saturated carbocycles. The van der Waals surface area contributed by atoms with Crippen molar-refractivity contribution in [3.63, 3.8) is 0 Å². The lowest BCUT2D eigenvalue weighted by Gasteiger charge is -2.45. The van der Waals surface area contributed by atoms with Gasteiger partial charge in [0.1, 0.15) is 17.1 Å². The topological polar surface area (TPSA) is 98.9 Å². The minimum absolute atomic E-state index is 0.0226. The van der Waals surface area contributed by atoms with Gasteiger partial charge in [-0.15, -0.1) is 0 Å². The number of likely N-dealkylation sites (tertiary alicyclic amines) is 2. The van der Waals surface area contributed by atoms with Gasteiger partial charge in [-0.05, 0) is 31.4 Å². The maximum Gasteiger partial charge on any atom is 0.290 e. The van der Waals surface area contributed by atoms with Crippen LogP contribution in [0.15, 0.2) is 36.7 Å². The highest BCUT2D eigenvalue weighted by Gasteiger charge is 2.46. The van der Waals surface area contributed by atoms with Gasteiger partial charge in [0.15, 0.2) is 0 Å². The highest BCUT2D eigenvalue weighted by atomic mass is 19.1. The Kier molecular flexibility index (Phi) is 6.48. The number of aromatic nitrogens is 2. The molecule has 4 rings (SSSR count). The molecule has 1 aromatic heterocycles. The fourth-order valence-corrected chi connectivity index (χ4v) is 3.87. The quantitative estimate of drug-likeness (QED) is 0.752. The van der Waals surface area contributed by atoms with Gasteiger partial charge in [0.05, 0.1) is 0 Å². The van der Waals surface area contributed by atoms with Gasteiger partial charge < -0.3 is 15.1 Å². The predicted molar refractivity (Wildman–Crippen MR) is 103 cm³/mol. The summed E-state index contributed by atoms with van der Waals surface area (Å²) in [5.74, 6) is -0.301. The number of piperidine rings is 1. The van der Waals surface area contributed by atoms with E-state index < -0.39 is 11.4 Å². The second-order valence-electron chi connectivity index (χ2n) is 7.28. The maximum atomic E-state index is 13.2. The van der Waals surface area contributed by atoms with Crippen LogP contribution >= 0.6 is 0 Å². The Morgan fingerprint density at radius 3 is 2.45 bits per heavy atom. The number of carbonyl (C=O) groups excluding carboxylic acids is 1. The Morgan fingerprint density at radius 2 is 1.93 bits per heavy atom. The maximum absolute atomic E-state index is 13.2. The Balaban J connectivity index is 0.000000755. The summed E-state index contributed by atoms with van der Waals surface area (Å²) in [6.07, 6.45) is 6.00. The molecule has 0 radical (unpaired) electrons. The van der Waals surface area contributed by atoms with Crippen LogP contribution in [0.1, 0.15) is 24.8 Å². The Hall–Kier alpha value is -2.94. The van der Waals surface area contributed by atoms with Gasteiger partial charge >= 0.3 is 0 Å². The lowest BCUT2D eigenvalue weighted by molar-refractivity contribution is -0.148. The van der Waals surface area contributed by atoms with Gasteiger partial charge in [0, 0.05) is 56.7 Å². The second kappa shape index (κ2) is 9.04. The number of hydrogen-bond donors (Lipinski definition) is 2. The normalized spacial score (nSPS) is 18.3. The molecule has 29 heavy (non-hydrogen) atoms. The van der Waals surface area contributed by atoms with E-state index in [9.17, 15) is 14.3 Å². The number of halogens is 1. The van der Waals surface area contributed by atoms with Crippen molar-refractivity contribution in [1.29, 1.82) is 0 Å². The highest BCUT2D eigenvalue weighted by molar-refractivity contribution is 5.85. The average Bonchev–Trinajstić information content (AvgIpc) is 3.19. The highest BCUT2D eigenvalue weighted by Crippen LogP contribution is 2.34. The van der Waals surface area contributed by atoms with Crippen LogP contribution in [0, 0.1) is 5.82 Å². The van der Waals surface area contributed by atoms with Crippen LogP contribution in [0.2, 0.25) is 0 Å². The van der Waals surface area contributed by atoms with Gasteiger partial charge in [-0.1, -0.05) is 6.07 Å². The summed E-state index contributed by atoms with van der Waals surface area (Å²) in [6, 6.07) is 5.97. The standard InChI is InChI=1S/C19H23FN4O2.CH2O2/c20-16-4-3-15(17(25)13-16)14-22-11-5-19(6-12-22,24-10-1-7-21-24)18(26)23-8-2-9-23;2-1-3/h1,3-4,7,10,13,25H,2,5-6,8-9,11-12,14H2;1H,(H,2,3). The first-order chi connectivity index (χ1) is 14.0. The third-order valence-corrected chi connectivity index (χ3v) is 5.61. The third kappa shape index (κ3) is 4.40. The summed E-state index contributed by atoms with van der Waals surface area (Å²) in [7, 11) is 0. The van der Waals surface area contributed by atoms with Crippen LogP contribution in [0.3, 0.4) is 0 Å². The molecule has 1 amide bonds.